The maximum atomic E-state index is 12.9. The fraction of sp³-hybridized carbons (Fsp3) is 0.407. The molecule has 2 aromatic carbocycles. The summed E-state index contributed by atoms with van der Waals surface area (Å²) < 4.78 is 11.9. The molecule has 1 aliphatic carbocycles. The van der Waals surface area contributed by atoms with Crippen molar-refractivity contribution in [3.05, 3.63) is 70.4 Å². The first kappa shape index (κ1) is 21.9. The van der Waals surface area contributed by atoms with Gasteiger partial charge in [0.1, 0.15) is 11.9 Å². The van der Waals surface area contributed by atoms with Crippen molar-refractivity contribution in [2.24, 2.45) is 0 Å². The number of hydrogen-bond donors (Lipinski definition) is 0. The number of amides is 1. The fourth-order valence-corrected chi connectivity index (χ4v) is 5.01. The lowest BCUT2D eigenvalue weighted by Gasteiger charge is -2.33. The zero-order chi connectivity index (χ0) is 22.9. The predicted octanol–water partition coefficient (Wildman–Crippen LogP) is 4.01. The highest BCUT2D eigenvalue weighted by Crippen LogP contribution is 2.32. The van der Waals surface area contributed by atoms with E-state index in [0.29, 0.717) is 12.2 Å². The summed E-state index contributed by atoms with van der Waals surface area (Å²) in [5.41, 5.74) is 6.41. The molecule has 5 rings (SSSR count). The Balaban J connectivity index is 1.42. The van der Waals surface area contributed by atoms with Gasteiger partial charge in [-0.15, -0.1) is 0 Å². The number of pyridine rings is 1. The molecule has 1 atom stereocenters. The summed E-state index contributed by atoms with van der Waals surface area (Å²) in [5.74, 6) is 0.951. The molecule has 0 unspecified atom stereocenters. The van der Waals surface area contributed by atoms with Gasteiger partial charge < -0.3 is 14.4 Å². The van der Waals surface area contributed by atoms with Crippen molar-refractivity contribution < 1.29 is 14.3 Å². The van der Waals surface area contributed by atoms with E-state index in [-0.39, 0.29) is 12.0 Å². The van der Waals surface area contributed by atoms with Gasteiger partial charge >= 0.3 is 0 Å². The molecule has 1 saturated heterocycles. The minimum Gasteiger partial charge on any atom is -0.496 e. The third-order valence-electron chi connectivity index (χ3n) is 6.74. The predicted molar refractivity (Wildman–Crippen MR) is 129 cm³/mol. The van der Waals surface area contributed by atoms with Gasteiger partial charge in [-0.25, -0.2) is 4.98 Å². The van der Waals surface area contributed by atoms with Crippen molar-refractivity contribution in [2.45, 2.75) is 31.9 Å². The van der Waals surface area contributed by atoms with Gasteiger partial charge in [-0.3, -0.25) is 9.69 Å². The quantitative estimate of drug-likeness (QED) is 0.594. The van der Waals surface area contributed by atoms with Gasteiger partial charge in [0.25, 0.3) is 5.91 Å². The monoisotopic (exact) mass is 445 g/mol. The van der Waals surface area contributed by atoms with E-state index in [2.05, 4.69) is 17.0 Å². The molecule has 0 saturated carbocycles. The van der Waals surface area contributed by atoms with Gasteiger partial charge in [-0.1, -0.05) is 24.3 Å². The number of aryl methyl sites for hydroxylation is 2. The van der Waals surface area contributed by atoms with Crippen LogP contribution in [0.15, 0.2) is 42.5 Å². The van der Waals surface area contributed by atoms with Crippen LogP contribution in [0.4, 0.5) is 0 Å². The third kappa shape index (κ3) is 4.33. The Hall–Kier alpha value is -2.96. The Morgan fingerprint density at radius 1 is 1.18 bits per heavy atom. The number of morpholine rings is 1. The van der Waals surface area contributed by atoms with E-state index in [1.54, 1.807) is 26.1 Å². The number of aromatic nitrogens is 1. The van der Waals surface area contributed by atoms with Gasteiger partial charge in [0.15, 0.2) is 0 Å². The number of ether oxygens (including phenoxy) is 2. The summed E-state index contributed by atoms with van der Waals surface area (Å²) in [4.78, 5) is 21.8. The summed E-state index contributed by atoms with van der Waals surface area (Å²) in [7, 11) is 5.31. The van der Waals surface area contributed by atoms with Crippen molar-refractivity contribution in [3.63, 3.8) is 0 Å². The van der Waals surface area contributed by atoms with Crippen LogP contribution >= 0.6 is 0 Å². The lowest BCUT2D eigenvalue weighted by molar-refractivity contribution is -0.0350. The highest BCUT2D eigenvalue weighted by Gasteiger charge is 2.26. The smallest absolute Gasteiger partial charge is 0.254 e. The van der Waals surface area contributed by atoms with Gasteiger partial charge in [0.2, 0.25) is 0 Å². The van der Waals surface area contributed by atoms with E-state index in [4.69, 9.17) is 14.5 Å². The molecular formula is C27H31N3O3. The molecule has 6 nitrogen and oxygen atoms in total. The summed E-state index contributed by atoms with van der Waals surface area (Å²) in [5, 5.41) is 0.871. The maximum absolute atomic E-state index is 12.9. The zero-order valence-electron chi connectivity index (χ0n) is 19.6. The van der Waals surface area contributed by atoms with Crippen LogP contribution in [0.25, 0.3) is 10.9 Å². The summed E-state index contributed by atoms with van der Waals surface area (Å²) in [6.45, 7) is 3.02. The Morgan fingerprint density at radius 2 is 1.97 bits per heavy atom. The zero-order valence-corrected chi connectivity index (χ0v) is 19.6. The second-order valence-corrected chi connectivity index (χ2v) is 9.19. The maximum Gasteiger partial charge on any atom is 0.254 e. The Morgan fingerprint density at radius 3 is 2.76 bits per heavy atom. The molecule has 2 aliphatic rings. The summed E-state index contributed by atoms with van der Waals surface area (Å²) in [6.07, 6.45) is 3.34. The largest absolute Gasteiger partial charge is 0.496 e. The average Bonchev–Trinajstić information content (AvgIpc) is 3.29. The molecule has 0 spiro atoms. The van der Waals surface area contributed by atoms with E-state index in [1.165, 1.54) is 23.1 Å². The minimum atomic E-state index is -0.183. The SMILES string of the molecule is COc1cc2c(cc1CN1CCO[C@@H](c3cc(C(=O)N(C)C)c4ccccc4n3)C1)CCC2. The van der Waals surface area contributed by atoms with Crippen molar-refractivity contribution in [1.82, 2.24) is 14.8 Å². The number of fused-ring (bicyclic) bond motifs is 2. The molecule has 33 heavy (non-hydrogen) atoms. The number of hydrogen-bond acceptors (Lipinski definition) is 5. The summed E-state index contributed by atoms with van der Waals surface area (Å²) in [6, 6.07) is 14.3. The van der Waals surface area contributed by atoms with E-state index >= 15 is 0 Å². The highest BCUT2D eigenvalue weighted by molar-refractivity contribution is 6.06. The molecule has 1 fully saturated rings. The lowest BCUT2D eigenvalue weighted by atomic mass is 10.0. The lowest BCUT2D eigenvalue weighted by Crippen LogP contribution is -2.38. The molecule has 1 amide bonds. The van der Waals surface area contributed by atoms with Crippen LogP contribution in [0.5, 0.6) is 5.75 Å². The number of nitrogens with zero attached hydrogens (tertiary/aromatic N) is 3. The van der Waals surface area contributed by atoms with Gasteiger partial charge in [-0.2, -0.15) is 0 Å². The Bertz CT molecular complexity index is 1190. The topological polar surface area (TPSA) is 54.9 Å². The highest BCUT2D eigenvalue weighted by atomic mass is 16.5. The molecular weight excluding hydrogens is 414 g/mol. The fourth-order valence-electron chi connectivity index (χ4n) is 5.01. The molecule has 0 bridgehead atoms. The van der Waals surface area contributed by atoms with Gasteiger partial charge in [0.05, 0.1) is 30.5 Å². The van der Waals surface area contributed by atoms with E-state index in [1.807, 2.05) is 30.3 Å². The molecule has 2 heterocycles. The number of carbonyl (C=O) groups is 1. The van der Waals surface area contributed by atoms with Crippen LogP contribution in [-0.2, 0) is 24.1 Å². The van der Waals surface area contributed by atoms with Crippen molar-refractivity contribution >= 4 is 16.8 Å². The third-order valence-corrected chi connectivity index (χ3v) is 6.74. The van der Waals surface area contributed by atoms with E-state index in [9.17, 15) is 4.79 Å². The van der Waals surface area contributed by atoms with Crippen LogP contribution in [0.1, 0.15) is 45.3 Å². The Kier molecular flexibility index (Phi) is 6.04. The van der Waals surface area contributed by atoms with Crippen LogP contribution < -0.4 is 4.74 Å². The van der Waals surface area contributed by atoms with Crippen LogP contribution in [-0.4, -0.2) is 61.6 Å². The Labute approximate surface area is 195 Å². The second kappa shape index (κ2) is 9.12. The first-order chi connectivity index (χ1) is 16.0. The van der Waals surface area contributed by atoms with Crippen molar-refractivity contribution in [3.8, 4) is 5.75 Å². The number of carbonyl (C=O) groups excluding carboxylic acids is 1. The van der Waals surface area contributed by atoms with Gasteiger partial charge in [0, 0.05) is 44.7 Å². The standard InChI is InChI=1S/C27H31N3O3/c1-29(2)27(31)22-15-24(28-23-10-5-4-9-21(22)23)26-17-30(11-12-33-26)16-20-13-18-7-6-8-19(18)14-25(20)32-3/h4-5,9-10,13-15,26H,6-8,11-12,16-17H2,1-3H3/t26-/m1/s1. The molecule has 0 radical (unpaired) electrons. The van der Waals surface area contributed by atoms with E-state index in [0.717, 1.165) is 54.8 Å². The van der Waals surface area contributed by atoms with Crippen LogP contribution in [0.2, 0.25) is 0 Å². The van der Waals surface area contributed by atoms with Crippen molar-refractivity contribution in [2.75, 3.05) is 40.9 Å². The first-order valence-electron chi connectivity index (χ1n) is 11.7. The number of methoxy groups -OCH3 is 1. The minimum absolute atomic E-state index is 0.0228. The molecule has 6 heteroatoms. The first-order valence-corrected chi connectivity index (χ1v) is 11.7. The number of para-hydroxylation sites is 1. The second-order valence-electron chi connectivity index (χ2n) is 9.19. The van der Waals surface area contributed by atoms with E-state index < -0.39 is 0 Å². The molecule has 172 valence electrons. The van der Waals surface area contributed by atoms with Crippen molar-refractivity contribution in [1.29, 1.82) is 0 Å². The van der Waals surface area contributed by atoms with Crippen LogP contribution in [0, 0.1) is 0 Å². The molecule has 3 aromatic rings. The normalized spacial score (nSPS) is 18.3. The van der Waals surface area contributed by atoms with Crippen LogP contribution in [0.3, 0.4) is 0 Å². The molecule has 1 aliphatic heterocycles. The number of benzene rings is 2. The molecule has 1 aromatic heterocycles. The van der Waals surface area contributed by atoms with Gasteiger partial charge in [-0.05, 0) is 48.6 Å². The summed E-state index contributed by atoms with van der Waals surface area (Å²) >= 11 is 0. The average molecular weight is 446 g/mol. The number of rotatable bonds is 5. The molecule has 0 N–H and O–H groups in total.